The van der Waals surface area contributed by atoms with Gasteiger partial charge in [-0.2, -0.15) is 0 Å². The van der Waals surface area contributed by atoms with Gasteiger partial charge in [0.05, 0.1) is 0 Å². The topological polar surface area (TPSA) is 58.2 Å². The fraction of sp³-hybridized carbons (Fsp3) is 0.300. The fourth-order valence-corrected chi connectivity index (χ4v) is 2.16. The van der Waals surface area contributed by atoms with Crippen LogP contribution < -0.4 is 10.6 Å². The number of carbonyl (C=O) groups excluding carboxylic acids is 2. The Balaban J connectivity index is 1.84. The van der Waals surface area contributed by atoms with E-state index < -0.39 is 5.41 Å². The van der Waals surface area contributed by atoms with Gasteiger partial charge < -0.3 is 10.6 Å². The van der Waals surface area contributed by atoms with E-state index in [1.165, 1.54) is 0 Å². The molecule has 2 amide bonds. The lowest BCUT2D eigenvalue weighted by Gasteiger charge is -2.17. The van der Waals surface area contributed by atoms with Gasteiger partial charge in [-0.1, -0.05) is 63.2 Å². The van der Waals surface area contributed by atoms with Crippen molar-refractivity contribution >= 4 is 11.8 Å². The molecule has 0 heterocycles. The van der Waals surface area contributed by atoms with E-state index in [2.05, 4.69) is 10.6 Å². The van der Waals surface area contributed by atoms with Crippen LogP contribution >= 0.6 is 0 Å². The van der Waals surface area contributed by atoms with Crippen LogP contribution in [0.15, 0.2) is 54.6 Å². The summed E-state index contributed by atoms with van der Waals surface area (Å²) in [5.41, 5.74) is 2.38. The Morgan fingerprint density at radius 2 is 1.33 bits per heavy atom. The Bertz CT molecular complexity index is 686. The van der Waals surface area contributed by atoms with Crippen LogP contribution in [0.5, 0.6) is 0 Å². The summed E-state index contributed by atoms with van der Waals surface area (Å²) >= 11 is 0. The Kier molecular flexibility index (Phi) is 5.74. The number of carbonyl (C=O) groups is 2. The van der Waals surface area contributed by atoms with Gasteiger partial charge in [0.25, 0.3) is 5.91 Å². The van der Waals surface area contributed by atoms with Crippen molar-refractivity contribution in [2.24, 2.45) is 5.41 Å². The van der Waals surface area contributed by atoms with Crippen LogP contribution in [-0.4, -0.2) is 24.9 Å². The lowest BCUT2D eigenvalue weighted by Crippen LogP contribution is -2.39. The molecule has 2 aromatic rings. The molecule has 0 spiro atoms. The van der Waals surface area contributed by atoms with Crippen molar-refractivity contribution in [1.82, 2.24) is 10.6 Å². The average molecular weight is 324 g/mol. The predicted molar refractivity (Wildman–Crippen MR) is 96.7 cm³/mol. The first-order valence-corrected chi connectivity index (χ1v) is 8.10. The van der Waals surface area contributed by atoms with Gasteiger partial charge in [-0.3, -0.25) is 9.59 Å². The number of nitrogens with one attached hydrogen (secondary N) is 2. The summed E-state index contributed by atoms with van der Waals surface area (Å²) in [5.74, 6) is -0.163. The zero-order valence-corrected chi connectivity index (χ0v) is 14.4. The highest BCUT2D eigenvalue weighted by Crippen LogP contribution is 2.19. The number of hydrogen-bond donors (Lipinski definition) is 2. The Morgan fingerprint density at radius 1 is 0.792 bits per heavy atom. The van der Waals surface area contributed by atoms with Gasteiger partial charge in [0.2, 0.25) is 5.91 Å². The average Bonchev–Trinajstić information content (AvgIpc) is 2.58. The first-order chi connectivity index (χ1) is 11.4. The summed E-state index contributed by atoms with van der Waals surface area (Å²) in [6.07, 6.45) is 0. The molecule has 2 aromatic carbocycles. The summed E-state index contributed by atoms with van der Waals surface area (Å²) < 4.78 is 0. The molecule has 4 nitrogen and oxygen atoms in total. The fourth-order valence-electron chi connectivity index (χ4n) is 2.16. The van der Waals surface area contributed by atoms with Crippen molar-refractivity contribution < 1.29 is 9.59 Å². The van der Waals surface area contributed by atoms with Crippen LogP contribution in [-0.2, 0) is 4.79 Å². The largest absolute Gasteiger partial charge is 0.354 e. The summed E-state index contributed by atoms with van der Waals surface area (Å²) in [7, 11) is 0. The molecular formula is C20H24N2O2. The highest BCUT2D eigenvalue weighted by molar-refractivity contribution is 5.94. The van der Waals surface area contributed by atoms with Crippen molar-refractivity contribution in [3.8, 4) is 11.1 Å². The summed E-state index contributed by atoms with van der Waals surface area (Å²) in [6, 6.07) is 17.5. The van der Waals surface area contributed by atoms with E-state index in [1.54, 1.807) is 0 Å². The summed E-state index contributed by atoms with van der Waals surface area (Å²) in [4.78, 5) is 23.8. The quantitative estimate of drug-likeness (QED) is 0.830. The Labute approximate surface area is 143 Å². The highest BCUT2D eigenvalue weighted by atomic mass is 16.2. The number of hydrogen-bond acceptors (Lipinski definition) is 2. The van der Waals surface area contributed by atoms with Gasteiger partial charge in [0.1, 0.15) is 0 Å². The Morgan fingerprint density at radius 3 is 1.92 bits per heavy atom. The second-order valence-electron chi connectivity index (χ2n) is 6.71. The van der Waals surface area contributed by atoms with E-state index in [9.17, 15) is 9.59 Å². The van der Waals surface area contributed by atoms with Crippen LogP contribution in [0, 0.1) is 5.41 Å². The van der Waals surface area contributed by atoms with Crippen molar-refractivity contribution in [3.05, 3.63) is 60.2 Å². The van der Waals surface area contributed by atoms with Crippen LogP contribution in [0.3, 0.4) is 0 Å². The van der Waals surface area contributed by atoms with E-state index in [-0.39, 0.29) is 11.8 Å². The molecule has 0 radical (unpaired) electrons. The van der Waals surface area contributed by atoms with Gasteiger partial charge in [0, 0.05) is 24.1 Å². The van der Waals surface area contributed by atoms with E-state index in [1.807, 2.05) is 75.4 Å². The lowest BCUT2D eigenvalue weighted by atomic mass is 9.96. The predicted octanol–water partition coefficient (Wildman–Crippen LogP) is 3.25. The lowest BCUT2D eigenvalue weighted by molar-refractivity contribution is -0.128. The molecule has 0 saturated heterocycles. The van der Waals surface area contributed by atoms with Gasteiger partial charge in [-0.05, 0) is 23.3 Å². The van der Waals surface area contributed by atoms with Crippen molar-refractivity contribution in [1.29, 1.82) is 0 Å². The normalized spacial score (nSPS) is 11.0. The molecule has 0 unspecified atom stereocenters. The zero-order chi connectivity index (χ0) is 17.6. The SMILES string of the molecule is CC(C)(C)C(=O)NCCNC(=O)c1ccc(-c2ccccc2)cc1. The van der Waals surface area contributed by atoms with Crippen LogP contribution in [0.1, 0.15) is 31.1 Å². The van der Waals surface area contributed by atoms with E-state index >= 15 is 0 Å². The summed E-state index contributed by atoms with van der Waals surface area (Å²) in [6.45, 7) is 6.39. The molecule has 4 heteroatoms. The van der Waals surface area contributed by atoms with Crippen molar-refractivity contribution in [3.63, 3.8) is 0 Å². The van der Waals surface area contributed by atoms with Gasteiger partial charge >= 0.3 is 0 Å². The second-order valence-corrected chi connectivity index (χ2v) is 6.71. The second kappa shape index (κ2) is 7.77. The first kappa shape index (κ1) is 17.7. The molecule has 0 fully saturated rings. The van der Waals surface area contributed by atoms with E-state index in [0.29, 0.717) is 18.7 Å². The molecule has 126 valence electrons. The molecule has 0 aromatic heterocycles. The van der Waals surface area contributed by atoms with Gasteiger partial charge in [-0.25, -0.2) is 0 Å². The number of rotatable bonds is 5. The van der Waals surface area contributed by atoms with Crippen LogP contribution in [0.2, 0.25) is 0 Å². The maximum absolute atomic E-state index is 12.1. The van der Waals surface area contributed by atoms with Crippen LogP contribution in [0.4, 0.5) is 0 Å². The molecule has 0 aliphatic heterocycles. The minimum atomic E-state index is -0.419. The van der Waals surface area contributed by atoms with E-state index in [4.69, 9.17) is 0 Å². The molecular weight excluding hydrogens is 300 g/mol. The molecule has 0 aliphatic rings. The maximum atomic E-state index is 12.1. The van der Waals surface area contributed by atoms with Crippen molar-refractivity contribution in [2.45, 2.75) is 20.8 Å². The third kappa shape index (κ3) is 4.95. The maximum Gasteiger partial charge on any atom is 0.251 e. The standard InChI is InChI=1S/C20H24N2O2/c1-20(2,3)19(24)22-14-13-21-18(23)17-11-9-16(10-12-17)15-7-5-4-6-8-15/h4-12H,13-14H2,1-3H3,(H,21,23)(H,22,24). The zero-order valence-electron chi connectivity index (χ0n) is 14.4. The molecule has 0 atom stereocenters. The number of benzene rings is 2. The number of amides is 2. The monoisotopic (exact) mass is 324 g/mol. The minimum Gasteiger partial charge on any atom is -0.354 e. The third-order valence-corrected chi connectivity index (χ3v) is 3.63. The highest BCUT2D eigenvalue weighted by Gasteiger charge is 2.20. The third-order valence-electron chi connectivity index (χ3n) is 3.63. The molecule has 0 aliphatic carbocycles. The van der Waals surface area contributed by atoms with Crippen molar-refractivity contribution in [2.75, 3.05) is 13.1 Å². The van der Waals surface area contributed by atoms with Crippen LogP contribution in [0.25, 0.3) is 11.1 Å². The molecule has 2 rings (SSSR count). The molecule has 24 heavy (non-hydrogen) atoms. The molecule has 2 N–H and O–H groups in total. The minimum absolute atomic E-state index is 0.0241. The smallest absolute Gasteiger partial charge is 0.251 e. The first-order valence-electron chi connectivity index (χ1n) is 8.10. The molecule has 0 saturated carbocycles. The van der Waals surface area contributed by atoms with Gasteiger partial charge in [0.15, 0.2) is 0 Å². The van der Waals surface area contributed by atoms with Gasteiger partial charge in [-0.15, -0.1) is 0 Å². The summed E-state index contributed by atoms with van der Waals surface area (Å²) in [5, 5.41) is 5.62. The Hall–Kier alpha value is -2.62. The van der Waals surface area contributed by atoms with E-state index in [0.717, 1.165) is 11.1 Å². The molecule has 0 bridgehead atoms.